The van der Waals surface area contributed by atoms with Gasteiger partial charge in [0.1, 0.15) is 11.8 Å². The van der Waals surface area contributed by atoms with Crippen LogP contribution in [0.1, 0.15) is 13.0 Å². The van der Waals surface area contributed by atoms with E-state index in [1.807, 2.05) is 0 Å². The first-order valence-corrected chi connectivity index (χ1v) is 6.17. The second-order valence-corrected chi connectivity index (χ2v) is 4.12. The topological polar surface area (TPSA) is 77.5 Å². The molecule has 0 amide bonds. The Morgan fingerprint density at radius 3 is 2.70 bits per heavy atom. The van der Waals surface area contributed by atoms with Crippen molar-refractivity contribution in [1.82, 2.24) is 9.78 Å². The summed E-state index contributed by atoms with van der Waals surface area (Å²) < 4.78 is 11.3. The van der Waals surface area contributed by atoms with Gasteiger partial charge in [0.05, 0.1) is 13.7 Å². The van der Waals surface area contributed by atoms with Gasteiger partial charge in [0.2, 0.25) is 5.89 Å². The zero-order valence-electron chi connectivity index (χ0n) is 11.3. The summed E-state index contributed by atoms with van der Waals surface area (Å²) in [5.74, 6) is 0.311. The Balaban J connectivity index is 2.37. The van der Waals surface area contributed by atoms with E-state index < -0.39 is 11.8 Å². The highest BCUT2D eigenvalue weighted by Gasteiger charge is 2.16. The van der Waals surface area contributed by atoms with Crippen LogP contribution in [0.4, 0.5) is 0 Å². The summed E-state index contributed by atoms with van der Waals surface area (Å²) >= 11 is 0. The summed E-state index contributed by atoms with van der Waals surface area (Å²) in [5.41, 5.74) is 0.666. The summed E-state index contributed by atoms with van der Waals surface area (Å²) in [4.78, 5) is 11.8. The zero-order chi connectivity index (χ0) is 14.5. The summed E-state index contributed by atoms with van der Waals surface area (Å²) in [6, 6.07) is 6.48. The number of hydrogen-bond donors (Lipinski definition) is 1. The predicted octanol–water partition coefficient (Wildman–Crippen LogP) is 1.62. The molecule has 1 atom stereocenters. The van der Waals surface area contributed by atoms with Gasteiger partial charge in [0.25, 0.3) is 0 Å². The van der Waals surface area contributed by atoms with Gasteiger partial charge in [0, 0.05) is 5.56 Å². The minimum Gasteiger partial charge on any atom is -0.497 e. The molecule has 0 aliphatic heterocycles. The van der Waals surface area contributed by atoms with Crippen LogP contribution in [0.5, 0.6) is 5.75 Å². The maximum Gasteiger partial charge on any atom is 0.438 e. The number of nitrogens with zero attached hydrogens (tertiary/aromatic N) is 2. The molecule has 0 aliphatic carbocycles. The Morgan fingerprint density at radius 1 is 1.45 bits per heavy atom. The monoisotopic (exact) mass is 276 g/mol. The molecule has 6 nitrogen and oxygen atoms in total. The van der Waals surface area contributed by atoms with Crippen molar-refractivity contribution in [3.05, 3.63) is 47.0 Å². The summed E-state index contributed by atoms with van der Waals surface area (Å²) in [7, 11) is 1.58. The molecule has 1 heterocycles. The molecule has 6 heteroatoms. The lowest BCUT2D eigenvalue weighted by molar-refractivity contribution is 0.239. The predicted molar refractivity (Wildman–Crippen MR) is 73.7 cm³/mol. The van der Waals surface area contributed by atoms with Crippen molar-refractivity contribution in [1.29, 1.82) is 0 Å². The molecular weight excluding hydrogens is 260 g/mol. The number of aliphatic hydroxyl groups is 1. The van der Waals surface area contributed by atoms with Gasteiger partial charge in [-0.3, -0.25) is 0 Å². The van der Waals surface area contributed by atoms with Crippen LogP contribution in [-0.4, -0.2) is 28.6 Å². The molecule has 1 aromatic heterocycles. The van der Waals surface area contributed by atoms with Gasteiger partial charge in [-0.05, 0) is 31.2 Å². The Labute approximate surface area is 115 Å². The highest BCUT2D eigenvalue weighted by molar-refractivity contribution is 5.53. The molecule has 1 aromatic carbocycles. The van der Waals surface area contributed by atoms with Crippen LogP contribution in [-0.2, 0) is 0 Å². The number of rotatable bonds is 5. The van der Waals surface area contributed by atoms with Crippen molar-refractivity contribution in [3.8, 4) is 17.2 Å². The number of allylic oxidation sites excluding steroid dienone is 1. The highest BCUT2D eigenvalue weighted by atomic mass is 16.5. The van der Waals surface area contributed by atoms with Crippen LogP contribution >= 0.6 is 0 Å². The first kappa shape index (κ1) is 14.1. The van der Waals surface area contributed by atoms with Crippen LogP contribution in [0.25, 0.3) is 11.5 Å². The Kier molecular flexibility index (Phi) is 4.37. The second-order valence-electron chi connectivity index (χ2n) is 4.12. The second kappa shape index (κ2) is 6.21. The smallest absolute Gasteiger partial charge is 0.438 e. The molecule has 1 unspecified atom stereocenters. The summed E-state index contributed by atoms with van der Waals surface area (Å²) in [6.45, 7) is 1.58. The average molecular weight is 276 g/mol. The van der Waals surface area contributed by atoms with Crippen LogP contribution in [0.15, 0.2) is 45.6 Å². The van der Waals surface area contributed by atoms with Gasteiger partial charge in [-0.25, -0.2) is 4.79 Å². The highest BCUT2D eigenvalue weighted by Crippen LogP contribution is 2.20. The number of ether oxygens (including phenoxy) is 1. The normalized spacial score (nSPS) is 12.8. The van der Waals surface area contributed by atoms with E-state index in [1.54, 1.807) is 50.5 Å². The molecule has 1 N–H and O–H groups in total. The van der Waals surface area contributed by atoms with Crippen LogP contribution in [0.3, 0.4) is 0 Å². The maximum atomic E-state index is 11.8. The Bertz CT molecular complexity index is 640. The van der Waals surface area contributed by atoms with E-state index in [-0.39, 0.29) is 12.5 Å². The lowest BCUT2D eigenvalue weighted by atomic mass is 10.2. The first-order valence-electron chi connectivity index (χ1n) is 6.17. The molecule has 20 heavy (non-hydrogen) atoms. The summed E-state index contributed by atoms with van der Waals surface area (Å²) in [5, 5.41) is 13.4. The van der Waals surface area contributed by atoms with Gasteiger partial charge in [-0.2, -0.15) is 4.68 Å². The fourth-order valence-corrected chi connectivity index (χ4v) is 1.79. The van der Waals surface area contributed by atoms with Crippen molar-refractivity contribution in [2.75, 3.05) is 13.7 Å². The Morgan fingerprint density at radius 2 is 2.15 bits per heavy atom. The van der Waals surface area contributed by atoms with Crippen LogP contribution in [0.2, 0.25) is 0 Å². The third-order valence-electron chi connectivity index (χ3n) is 2.82. The zero-order valence-corrected chi connectivity index (χ0v) is 11.3. The fourth-order valence-electron chi connectivity index (χ4n) is 1.79. The van der Waals surface area contributed by atoms with Crippen molar-refractivity contribution in [3.63, 3.8) is 0 Å². The van der Waals surface area contributed by atoms with E-state index in [1.165, 1.54) is 0 Å². The number of aromatic nitrogens is 2. The van der Waals surface area contributed by atoms with Crippen molar-refractivity contribution >= 4 is 0 Å². The molecule has 0 radical (unpaired) electrons. The van der Waals surface area contributed by atoms with Crippen molar-refractivity contribution < 1.29 is 14.3 Å². The van der Waals surface area contributed by atoms with Crippen LogP contribution in [0, 0.1) is 0 Å². The standard InChI is InChI=1S/C14H16N2O4/c1-3-4-11(9-17)16-14(18)20-13(15-16)10-5-7-12(19-2)8-6-10/h3-8,11,17H,9H2,1-2H3/b4-3+. The molecule has 2 aromatic rings. The first-order chi connectivity index (χ1) is 9.69. The van der Waals surface area contributed by atoms with E-state index in [0.29, 0.717) is 11.3 Å². The van der Waals surface area contributed by atoms with Gasteiger partial charge < -0.3 is 14.3 Å². The third kappa shape index (κ3) is 2.80. The van der Waals surface area contributed by atoms with E-state index >= 15 is 0 Å². The lowest BCUT2D eigenvalue weighted by Gasteiger charge is -2.06. The van der Waals surface area contributed by atoms with Gasteiger partial charge >= 0.3 is 5.76 Å². The molecule has 0 saturated heterocycles. The fraction of sp³-hybridized carbons (Fsp3) is 0.286. The number of hydrogen-bond acceptors (Lipinski definition) is 5. The van der Waals surface area contributed by atoms with Crippen LogP contribution < -0.4 is 10.5 Å². The molecule has 2 rings (SSSR count). The van der Waals surface area contributed by atoms with Crippen molar-refractivity contribution in [2.45, 2.75) is 13.0 Å². The third-order valence-corrected chi connectivity index (χ3v) is 2.82. The molecule has 106 valence electrons. The largest absolute Gasteiger partial charge is 0.497 e. The number of benzene rings is 1. The Hall–Kier alpha value is -2.34. The van der Waals surface area contributed by atoms with E-state index in [2.05, 4.69) is 5.10 Å². The number of methoxy groups -OCH3 is 1. The molecule has 0 spiro atoms. The minimum absolute atomic E-state index is 0.209. The number of aliphatic hydroxyl groups excluding tert-OH is 1. The van der Waals surface area contributed by atoms with E-state index in [0.717, 1.165) is 4.68 Å². The van der Waals surface area contributed by atoms with Gasteiger partial charge in [0.15, 0.2) is 0 Å². The molecule has 0 fully saturated rings. The van der Waals surface area contributed by atoms with Gasteiger partial charge in [-0.15, -0.1) is 5.10 Å². The summed E-state index contributed by atoms with van der Waals surface area (Å²) in [6.07, 6.45) is 3.43. The van der Waals surface area contributed by atoms with E-state index in [4.69, 9.17) is 9.15 Å². The maximum absolute atomic E-state index is 11.8. The SMILES string of the molecule is C/C=C/C(CO)n1nc(-c2ccc(OC)cc2)oc1=O. The molecular formula is C14H16N2O4. The average Bonchev–Trinajstić information content (AvgIpc) is 2.87. The van der Waals surface area contributed by atoms with E-state index in [9.17, 15) is 9.90 Å². The molecule has 0 bridgehead atoms. The molecule has 0 aliphatic rings. The minimum atomic E-state index is -0.604. The van der Waals surface area contributed by atoms with Gasteiger partial charge in [-0.1, -0.05) is 12.2 Å². The molecule has 0 saturated carbocycles. The van der Waals surface area contributed by atoms with Crippen molar-refractivity contribution in [2.24, 2.45) is 0 Å². The lowest BCUT2D eigenvalue weighted by Crippen LogP contribution is -2.23. The quantitative estimate of drug-likeness (QED) is 0.840.